The molecular weight excluding hydrogens is 588 g/mol. The predicted octanol–water partition coefficient (Wildman–Crippen LogP) is 5.30. The second-order valence-electron chi connectivity index (χ2n) is 11.9. The van der Waals surface area contributed by atoms with Gasteiger partial charge in [-0.1, -0.05) is 125 Å². The summed E-state index contributed by atoms with van der Waals surface area (Å²) in [5.41, 5.74) is 2.55. The standard InChI is InChI=1S/C40H22B4O4/c41-33-35(43)39(47)31-28(26-17-7-11-20-9-2-4-15-24(20)26)32-30(38(46)34(42)36(44)40(32)48)27(29(31)37(33)45)22-13-5-12-21(18-22)25-16-6-10-19-8-1-3-14-23(19)25/h1-18,45-48H. The molecule has 0 aliphatic rings. The van der Waals surface area contributed by atoms with Crippen LogP contribution in [0.5, 0.6) is 23.0 Å². The lowest BCUT2D eigenvalue weighted by Crippen LogP contribution is -2.28. The fraction of sp³-hybridized carbons (Fsp3) is 0. The van der Waals surface area contributed by atoms with Gasteiger partial charge in [-0.25, -0.2) is 0 Å². The minimum Gasteiger partial charge on any atom is -0.508 e. The monoisotopic (exact) mass is 610 g/mol. The number of rotatable bonds is 3. The fourth-order valence-corrected chi connectivity index (χ4v) is 7.07. The Morgan fingerprint density at radius 1 is 0.354 bits per heavy atom. The number of hydrogen-bond acceptors (Lipinski definition) is 4. The van der Waals surface area contributed by atoms with Crippen LogP contribution >= 0.6 is 0 Å². The van der Waals surface area contributed by atoms with Gasteiger partial charge in [-0.3, -0.25) is 0 Å². The molecular formula is C40H22B4O4. The molecule has 48 heavy (non-hydrogen) atoms. The van der Waals surface area contributed by atoms with Gasteiger partial charge in [-0.2, -0.15) is 0 Å². The van der Waals surface area contributed by atoms with E-state index in [4.69, 9.17) is 31.4 Å². The quantitative estimate of drug-likeness (QED) is 0.125. The molecule has 8 radical (unpaired) electrons. The molecule has 8 rings (SSSR count). The summed E-state index contributed by atoms with van der Waals surface area (Å²) < 4.78 is 0. The van der Waals surface area contributed by atoms with Gasteiger partial charge >= 0.3 is 0 Å². The lowest BCUT2D eigenvalue weighted by atomic mass is 9.71. The number of fused-ring (bicyclic) bond motifs is 4. The van der Waals surface area contributed by atoms with Crippen molar-refractivity contribution in [3.8, 4) is 56.4 Å². The largest absolute Gasteiger partial charge is 0.508 e. The zero-order valence-electron chi connectivity index (χ0n) is 25.5. The maximum atomic E-state index is 11.8. The molecule has 0 fully saturated rings. The number of benzene rings is 8. The first-order valence-corrected chi connectivity index (χ1v) is 15.3. The van der Waals surface area contributed by atoms with E-state index in [-0.39, 0.29) is 54.5 Å². The molecule has 0 aliphatic heterocycles. The van der Waals surface area contributed by atoms with E-state index in [1.165, 1.54) is 0 Å². The molecule has 8 aromatic rings. The van der Waals surface area contributed by atoms with Crippen LogP contribution in [0.15, 0.2) is 109 Å². The molecule has 0 spiro atoms. The highest BCUT2D eigenvalue weighted by molar-refractivity contribution is 6.56. The van der Waals surface area contributed by atoms with E-state index in [0.29, 0.717) is 11.1 Å². The first-order chi connectivity index (χ1) is 23.2. The average molecular weight is 610 g/mol. The second kappa shape index (κ2) is 10.9. The highest BCUT2D eigenvalue weighted by atomic mass is 16.3. The number of phenolic OH excluding ortho intramolecular Hbond substituents is 4. The Balaban J connectivity index is 1.62. The molecule has 0 saturated carbocycles. The van der Waals surface area contributed by atoms with Crippen LogP contribution in [-0.4, -0.2) is 51.8 Å². The molecule has 8 aromatic carbocycles. The van der Waals surface area contributed by atoms with Crippen LogP contribution < -0.4 is 21.9 Å². The Labute approximate surface area is 281 Å². The maximum absolute atomic E-state index is 11.8. The number of hydrogen-bond donors (Lipinski definition) is 4. The van der Waals surface area contributed by atoms with E-state index in [0.717, 1.165) is 32.7 Å². The van der Waals surface area contributed by atoms with Gasteiger partial charge < -0.3 is 20.4 Å². The number of phenols is 4. The smallest absolute Gasteiger partial charge is 0.118 e. The van der Waals surface area contributed by atoms with Crippen molar-refractivity contribution in [1.29, 1.82) is 0 Å². The van der Waals surface area contributed by atoms with Crippen LogP contribution in [0.4, 0.5) is 0 Å². The highest BCUT2D eigenvalue weighted by Gasteiger charge is 2.29. The molecule has 4 N–H and O–H groups in total. The molecule has 0 bridgehead atoms. The summed E-state index contributed by atoms with van der Waals surface area (Å²) >= 11 is 0. The van der Waals surface area contributed by atoms with Gasteiger partial charge in [0, 0.05) is 32.7 Å². The third-order valence-corrected chi connectivity index (χ3v) is 9.36. The minimum atomic E-state index is -0.400. The molecule has 0 amide bonds. The van der Waals surface area contributed by atoms with Gasteiger partial charge in [-0.05, 0) is 49.9 Å². The van der Waals surface area contributed by atoms with Crippen molar-refractivity contribution in [1.82, 2.24) is 0 Å². The summed E-state index contributed by atoms with van der Waals surface area (Å²) in [5, 5.41) is 51.6. The van der Waals surface area contributed by atoms with Gasteiger partial charge in [0.05, 0.1) is 0 Å². The van der Waals surface area contributed by atoms with E-state index in [1.54, 1.807) is 0 Å². The summed E-state index contributed by atoms with van der Waals surface area (Å²) in [6.07, 6.45) is 0. The Morgan fingerprint density at radius 2 is 0.729 bits per heavy atom. The Hall–Kier alpha value is -5.74. The first-order valence-electron chi connectivity index (χ1n) is 15.3. The molecule has 0 aromatic heterocycles. The van der Waals surface area contributed by atoms with Crippen molar-refractivity contribution < 1.29 is 20.4 Å². The van der Waals surface area contributed by atoms with E-state index in [9.17, 15) is 20.4 Å². The third-order valence-electron chi connectivity index (χ3n) is 9.36. The summed E-state index contributed by atoms with van der Waals surface area (Å²) in [7, 11) is 25.3. The first kappa shape index (κ1) is 29.6. The average Bonchev–Trinajstić information content (AvgIpc) is 3.13. The molecule has 218 valence electrons. The molecule has 0 heterocycles. The number of aromatic hydroxyl groups is 4. The van der Waals surface area contributed by atoms with Gasteiger partial charge in [0.2, 0.25) is 0 Å². The zero-order valence-corrected chi connectivity index (χ0v) is 25.5. The van der Waals surface area contributed by atoms with Crippen molar-refractivity contribution in [2.24, 2.45) is 0 Å². The highest BCUT2D eigenvalue weighted by Crippen LogP contribution is 2.53. The summed E-state index contributed by atoms with van der Waals surface area (Å²) in [6, 6.07) is 34.8. The van der Waals surface area contributed by atoms with Crippen LogP contribution in [-0.2, 0) is 0 Å². The zero-order chi connectivity index (χ0) is 33.4. The fourth-order valence-electron chi connectivity index (χ4n) is 7.07. The van der Waals surface area contributed by atoms with Gasteiger partial charge in [0.15, 0.2) is 0 Å². The second-order valence-corrected chi connectivity index (χ2v) is 11.9. The van der Waals surface area contributed by atoms with Crippen molar-refractivity contribution in [2.45, 2.75) is 0 Å². The van der Waals surface area contributed by atoms with Gasteiger partial charge in [0.1, 0.15) is 54.4 Å². The van der Waals surface area contributed by atoms with Crippen LogP contribution in [0.2, 0.25) is 0 Å². The van der Waals surface area contributed by atoms with Crippen molar-refractivity contribution >= 4 is 96.3 Å². The molecule has 0 aliphatic carbocycles. The Bertz CT molecular complexity index is 2580. The minimum absolute atomic E-state index is 0.114. The lowest BCUT2D eigenvalue weighted by Gasteiger charge is -2.25. The molecule has 0 saturated heterocycles. The predicted molar refractivity (Wildman–Crippen MR) is 201 cm³/mol. The van der Waals surface area contributed by atoms with Crippen LogP contribution in [0.1, 0.15) is 0 Å². The molecule has 0 unspecified atom stereocenters. The van der Waals surface area contributed by atoms with E-state index in [2.05, 4.69) is 0 Å². The normalized spacial score (nSPS) is 11.6. The SMILES string of the molecule is [B]c1c([B])c(O)c2c(-c3cccc4ccccc34)c3c(O)c([B])c([B])c(O)c3c(-c3cccc(-c4cccc5ccccc45)c3)c2c1O. The van der Waals surface area contributed by atoms with E-state index >= 15 is 0 Å². The molecule has 8 heteroatoms. The molecule has 0 atom stereocenters. The van der Waals surface area contributed by atoms with Gasteiger partial charge in [0.25, 0.3) is 0 Å². The topological polar surface area (TPSA) is 80.9 Å². The lowest BCUT2D eigenvalue weighted by molar-refractivity contribution is 0.474. The summed E-state index contributed by atoms with van der Waals surface area (Å²) in [4.78, 5) is 0. The summed E-state index contributed by atoms with van der Waals surface area (Å²) in [6.45, 7) is 0. The van der Waals surface area contributed by atoms with Gasteiger partial charge in [-0.15, -0.1) is 0 Å². The third kappa shape index (κ3) is 4.15. The Kier molecular flexibility index (Phi) is 6.74. The van der Waals surface area contributed by atoms with Crippen LogP contribution in [0.3, 0.4) is 0 Å². The Morgan fingerprint density at radius 3 is 1.25 bits per heavy atom. The summed E-state index contributed by atoms with van der Waals surface area (Å²) in [5.74, 6) is -1.59. The van der Waals surface area contributed by atoms with Crippen LogP contribution in [0.25, 0.3) is 76.5 Å². The van der Waals surface area contributed by atoms with Crippen molar-refractivity contribution in [3.05, 3.63) is 109 Å². The molecule has 4 nitrogen and oxygen atoms in total. The maximum Gasteiger partial charge on any atom is 0.118 e. The van der Waals surface area contributed by atoms with Crippen LogP contribution in [0, 0.1) is 0 Å². The van der Waals surface area contributed by atoms with E-state index < -0.39 is 23.0 Å². The van der Waals surface area contributed by atoms with E-state index in [1.807, 2.05) is 109 Å². The van der Waals surface area contributed by atoms with Crippen molar-refractivity contribution in [3.63, 3.8) is 0 Å². The van der Waals surface area contributed by atoms with Crippen molar-refractivity contribution in [2.75, 3.05) is 0 Å².